The zero-order chi connectivity index (χ0) is 16.8. The number of rotatable bonds is 2. The molecule has 0 fully saturated rings. The van der Waals surface area contributed by atoms with Crippen LogP contribution in [0.4, 0.5) is 23.2 Å². The highest BCUT2D eigenvalue weighted by atomic mass is 35.5. The average Bonchev–Trinajstić information content (AvgIpc) is 2.74. The number of benzene rings is 1. The lowest BCUT2D eigenvalue weighted by Gasteiger charge is -2.05. The van der Waals surface area contributed by atoms with Crippen molar-refractivity contribution in [3.05, 3.63) is 38.8 Å². The number of phenols is 1. The quantitative estimate of drug-likeness (QED) is 0.515. The summed E-state index contributed by atoms with van der Waals surface area (Å²) in [6, 6.07) is 1.000. The van der Waals surface area contributed by atoms with Crippen LogP contribution in [0.15, 0.2) is 12.1 Å². The molecule has 1 aromatic carbocycles. The first-order chi connectivity index (χ1) is 10.0. The number of aromatic nitrogens is 2. The van der Waals surface area contributed by atoms with Crippen LogP contribution < -0.4 is 0 Å². The lowest BCUT2D eigenvalue weighted by molar-refractivity contribution is -0.385. The number of nitrogens with zero attached hydrogens (tertiary/aromatic N) is 3. The van der Waals surface area contributed by atoms with Gasteiger partial charge in [-0.1, -0.05) is 11.6 Å². The number of hydrogen-bond donors (Lipinski definition) is 1. The zero-order valence-corrected chi connectivity index (χ0v) is 11.4. The molecule has 22 heavy (non-hydrogen) atoms. The molecule has 0 aliphatic rings. The van der Waals surface area contributed by atoms with Crippen LogP contribution in [0.2, 0.25) is 5.02 Å². The van der Waals surface area contributed by atoms with Crippen molar-refractivity contribution < 1.29 is 27.6 Å². The number of hydrogen-bond acceptors (Lipinski definition) is 4. The van der Waals surface area contributed by atoms with E-state index < -0.39 is 50.3 Å². The van der Waals surface area contributed by atoms with Gasteiger partial charge in [-0.2, -0.15) is 18.3 Å². The topological polar surface area (TPSA) is 81.2 Å². The van der Waals surface area contributed by atoms with Crippen LogP contribution >= 0.6 is 11.6 Å². The molecule has 0 unspecified atom stereocenters. The molecular formula is C11H6ClF4N3O3. The van der Waals surface area contributed by atoms with Crippen molar-refractivity contribution in [1.29, 1.82) is 0 Å². The van der Waals surface area contributed by atoms with Crippen molar-refractivity contribution in [3.63, 3.8) is 0 Å². The van der Waals surface area contributed by atoms with E-state index in [9.17, 15) is 32.8 Å². The Kier molecular flexibility index (Phi) is 3.73. The molecule has 0 radical (unpaired) electrons. The highest BCUT2D eigenvalue weighted by Gasteiger charge is 2.37. The van der Waals surface area contributed by atoms with Gasteiger partial charge in [-0.3, -0.25) is 14.8 Å². The fraction of sp³-hybridized carbons (Fsp3) is 0.182. The molecule has 1 N–H and O–H groups in total. The smallest absolute Gasteiger partial charge is 0.433 e. The number of nitro groups is 1. The maximum Gasteiger partial charge on any atom is 0.433 e. The van der Waals surface area contributed by atoms with Crippen LogP contribution in [0.5, 0.6) is 5.75 Å². The summed E-state index contributed by atoms with van der Waals surface area (Å²) in [5.74, 6) is -2.33. The Labute approximate surface area is 124 Å². The first kappa shape index (κ1) is 16.0. The number of aryl methyl sites for hydroxylation is 1. The molecule has 2 aromatic rings. The van der Waals surface area contributed by atoms with Gasteiger partial charge in [-0.25, -0.2) is 4.39 Å². The van der Waals surface area contributed by atoms with Gasteiger partial charge < -0.3 is 5.11 Å². The van der Waals surface area contributed by atoms with E-state index >= 15 is 0 Å². The van der Waals surface area contributed by atoms with Crippen molar-refractivity contribution in [3.8, 4) is 17.0 Å². The normalized spacial score (nSPS) is 11.7. The molecule has 11 heteroatoms. The van der Waals surface area contributed by atoms with E-state index in [0.717, 1.165) is 7.05 Å². The number of alkyl halides is 3. The Hall–Kier alpha value is -2.36. The lowest BCUT2D eigenvalue weighted by Crippen LogP contribution is -2.11. The van der Waals surface area contributed by atoms with Gasteiger partial charge in [0.05, 0.1) is 9.95 Å². The highest BCUT2D eigenvalue weighted by molar-refractivity contribution is 6.32. The van der Waals surface area contributed by atoms with Crippen molar-refractivity contribution in [2.75, 3.05) is 0 Å². The minimum absolute atomic E-state index is 0.407. The lowest BCUT2D eigenvalue weighted by atomic mass is 10.1. The second kappa shape index (κ2) is 5.13. The Bertz CT molecular complexity index is 773. The summed E-state index contributed by atoms with van der Waals surface area (Å²) in [5, 5.41) is 23.3. The number of aromatic hydroxyl groups is 1. The van der Waals surface area contributed by atoms with Crippen LogP contribution in [-0.4, -0.2) is 19.8 Å². The molecule has 0 atom stereocenters. The van der Waals surface area contributed by atoms with E-state index in [2.05, 4.69) is 5.10 Å². The third-order valence-electron chi connectivity index (χ3n) is 2.79. The summed E-state index contributed by atoms with van der Waals surface area (Å²) in [6.45, 7) is 0. The average molecular weight is 340 g/mol. The number of halogens is 5. The minimum atomic E-state index is -4.78. The van der Waals surface area contributed by atoms with Crippen molar-refractivity contribution >= 4 is 17.3 Å². The van der Waals surface area contributed by atoms with Crippen LogP contribution in [-0.2, 0) is 13.2 Å². The predicted octanol–water partition coefficient (Wildman–Crippen LogP) is 3.51. The van der Waals surface area contributed by atoms with Gasteiger partial charge in [0, 0.05) is 7.05 Å². The van der Waals surface area contributed by atoms with Gasteiger partial charge >= 0.3 is 11.9 Å². The second-order valence-electron chi connectivity index (χ2n) is 4.21. The van der Waals surface area contributed by atoms with Gasteiger partial charge in [-0.05, 0) is 12.1 Å². The third-order valence-corrected chi connectivity index (χ3v) is 3.08. The number of phenolic OH excluding ortho intramolecular Hbond substituents is 1. The van der Waals surface area contributed by atoms with Crippen molar-refractivity contribution in [1.82, 2.24) is 9.78 Å². The number of nitro benzene ring substituents is 1. The summed E-state index contributed by atoms with van der Waals surface area (Å²) < 4.78 is 52.5. The van der Waals surface area contributed by atoms with E-state index in [-0.39, 0.29) is 0 Å². The zero-order valence-electron chi connectivity index (χ0n) is 10.6. The molecule has 1 heterocycles. The summed E-state index contributed by atoms with van der Waals surface area (Å²) in [5.41, 5.74) is -3.91. The summed E-state index contributed by atoms with van der Waals surface area (Å²) >= 11 is 5.43. The predicted molar refractivity (Wildman–Crippen MR) is 66.9 cm³/mol. The van der Waals surface area contributed by atoms with E-state index in [0.29, 0.717) is 16.8 Å². The molecule has 0 saturated heterocycles. The van der Waals surface area contributed by atoms with Crippen LogP contribution in [0.3, 0.4) is 0 Å². The molecule has 1 aromatic heterocycles. The molecule has 118 valence electrons. The van der Waals surface area contributed by atoms with Crippen LogP contribution in [0, 0.1) is 15.9 Å². The van der Waals surface area contributed by atoms with Gasteiger partial charge in [0.2, 0.25) is 5.75 Å². The SMILES string of the molecule is Cn1nc(-c2c(F)cc(Cl)c(O)c2[N+](=O)[O-])cc1C(F)(F)F. The van der Waals surface area contributed by atoms with Gasteiger partial charge in [0.1, 0.15) is 22.8 Å². The van der Waals surface area contributed by atoms with Crippen LogP contribution in [0.25, 0.3) is 11.3 Å². The summed E-state index contributed by atoms with van der Waals surface area (Å²) in [4.78, 5) is 9.82. The van der Waals surface area contributed by atoms with Crippen molar-refractivity contribution in [2.24, 2.45) is 7.05 Å². The fourth-order valence-electron chi connectivity index (χ4n) is 1.87. The molecule has 2 rings (SSSR count). The minimum Gasteiger partial charge on any atom is -0.501 e. The molecule has 0 aliphatic heterocycles. The molecule has 6 nitrogen and oxygen atoms in total. The third kappa shape index (κ3) is 2.56. The first-order valence-electron chi connectivity index (χ1n) is 5.51. The Morgan fingerprint density at radius 1 is 1.41 bits per heavy atom. The Balaban J connectivity index is 2.79. The molecule has 0 spiro atoms. The first-order valence-corrected chi connectivity index (χ1v) is 5.88. The van der Waals surface area contributed by atoms with Gasteiger partial charge in [-0.15, -0.1) is 0 Å². The van der Waals surface area contributed by atoms with E-state index in [4.69, 9.17) is 11.6 Å². The van der Waals surface area contributed by atoms with Crippen LogP contribution in [0.1, 0.15) is 5.69 Å². The largest absolute Gasteiger partial charge is 0.501 e. The summed E-state index contributed by atoms with van der Waals surface area (Å²) in [7, 11) is 0.950. The fourth-order valence-corrected chi connectivity index (χ4v) is 2.06. The van der Waals surface area contributed by atoms with Gasteiger partial charge in [0.25, 0.3) is 0 Å². The maximum absolute atomic E-state index is 13.9. The molecule has 0 saturated carbocycles. The molecule has 0 amide bonds. The van der Waals surface area contributed by atoms with E-state index in [1.165, 1.54) is 0 Å². The highest BCUT2D eigenvalue weighted by Crippen LogP contribution is 2.44. The standard InChI is InChI=1S/C11H6ClF4N3O3/c1-18-7(11(14,15)16)3-6(17-18)8-5(13)2-4(12)10(20)9(8)19(21)22/h2-3,20H,1H3. The Morgan fingerprint density at radius 2 is 2.00 bits per heavy atom. The maximum atomic E-state index is 13.9. The molecule has 0 bridgehead atoms. The Morgan fingerprint density at radius 3 is 2.45 bits per heavy atom. The van der Waals surface area contributed by atoms with E-state index in [1.54, 1.807) is 0 Å². The summed E-state index contributed by atoms with van der Waals surface area (Å²) in [6.07, 6.45) is -4.78. The molecule has 0 aliphatic carbocycles. The van der Waals surface area contributed by atoms with Crippen molar-refractivity contribution in [2.45, 2.75) is 6.18 Å². The molecular weight excluding hydrogens is 334 g/mol. The monoisotopic (exact) mass is 339 g/mol. The second-order valence-corrected chi connectivity index (χ2v) is 4.61. The van der Waals surface area contributed by atoms with Gasteiger partial charge in [0.15, 0.2) is 0 Å². The van der Waals surface area contributed by atoms with E-state index in [1.807, 2.05) is 0 Å².